The number of rotatable bonds is 6. The lowest BCUT2D eigenvalue weighted by atomic mass is 10.1. The van der Waals surface area contributed by atoms with Crippen LogP contribution in [0.3, 0.4) is 0 Å². The summed E-state index contributed by atoms with van der Waals surface area (Å²) in [6.07, 6.45) is 2.77. The van der Waals surface area contributed by atoms with Gasteiger partial charge in [-0.25, -0.2) is 9.78 Å². The Morgan fingerprint density at radius 3 is 2.84 bits per heavy atom. The van der Waals surface area contributed by atoms with E-state index in [0.29, 0.717) is 31.6 Å². The Kier molecular flexibility index (Phi) is 4.52. The molecule has 25 heavy (non-hydrogen) atoms. The predicted molar refractivity (Wildman–Crippen MR) is 92.4 cm³/mol. The van der Waals surface area contributed by atoms with Gasteiger partial charge in [0.25, 0.3) is 0 Å². The number of amides is 2. The second-order valence-electron chi connectivity index (χ2n) is 6.47. The van der Waals surface area contributed by atoms with Crippen molar-refractivity contribution in [2.24, 2.45) is 0 Å². The van der Waals surface area contributed by atoms with Gasteiger partial charge in [0, 0.05) is 30.8 Å². The first kappa shape index (κ1) is 15.9. The molecule has 6 heteroatoms. The molecule has 0 radical (unpaired) electrons. The molecule has 2 aliphatic rings. The first-order chi connectivity index (χ1) is 12.3. The van der Waals surface area contributed by atoms with Crippen LogP contribution in [0.25, 0.3) is 0 Å². The summed E-state index contributed by atoms with van der Waals surface area (Å²) in [5.41, 5.74) is 2.24. The first-order valence-electron chi connectivity index (χ1n) is 8.56. The van der Waals surface area contributed by atoms with Gasteiger partial charge in [-0.05, 0) is 23.6 Å². The van der Waals surface area contributed by atoms with Crippen LogP contribution in [0.1, 0.15) is 23.5 Å². The quantitative estimate of drug-likeness (QED) is 0.846. The number of carbonyl (C=O) groups is 1. The molecule has 1 saturated heterocycles. The van der Waals surface area contributed by atoms with E-state index in [4.69, 9.17) is 9.47 Å². The van der Waals surface area contributed by atoms with E-state index >= 15 is 0 Å². The van der Waals surface area contributed by atoms with Crippen LogP contribution in [-0.2, 0) is 11.3 Å². The highest BCUT2D eigenvalue weighted by Gasteiger charge is 2.39. The Labute approximate surface area is 146 Å². The minimum absolute atomic E-state index is 0.0868. The predicted octanol–water partition coefficient (Wildman–Crippen LogP) is 2.21. The van der Waals surface area contributed by atoms with Crippen molar-refractivity contribution in [1.29, 1.82) is 0 Å². The van der Waals surface area contributed by atoms with Gasteiger partial charge in [0.2, 0.25) is 5.88 Å². The summed E-state index contributed by atoms with van der Waals surface area (Å²) in [6, 6.07) is 14.1. The second-order valence-corrected chi connectivity index (χ2v) is 6.47. The van der Waals surface area contributed by atoms with Crippen LogP contribution >= 0.6 is 0 Å². The van der Waals surface area contributed by atoms with E-state index in [1.165, 1.54) is 5.56 Å². The number of benzene rings is 1. The van der Waals surface area contributed by atoms with Crippen molar-refractivity contribution < 1.29 is 14.3 Å². The van der Waals surface area contributed by atoms with Crippen molar-refractivity contribution in [3.05, 3.63) is 59.8 Å². The zero-order valence-corrected chi connectivity index (χ0v) is 13.9. The van der Waals surface area contributed by atoms with Gasteiger partial charge >= 0.3 is 6.03 Å². The number of pyridine rings is 1. The molecule has 2 aromatic rings. The molecular weight excluding hydrogens is 318 g/mol. The summed E-state index contributed by atoms with van der Waals surface area (Å²) in [6.45, 7) is 1.65. The SMILES string of the molecule is O=C(NCc1ccnc(OC2COC2)c1)N[C@@H]1C[C@H]1c1ccccc1. The standard InChI is InChI=1S/C19H21N3O3/c23-19(22-17-9-16(17)14-4-2-1-3-5-14)21-10-13-6-7-20-18(8-13)25-15-11-24-12-15/h1-8,15-17H,9-12H2,(H2,21,22,23)/t16-,17+/m0/s1. The lowest BCUT2D eigenvalue weighted by Gasteiger charge is -2.26. The maximum atomic E-state index is 12.1. The van der Waals surface area contributed by atoms with Crippen molar-refractivity contribution in [2.45, 2.75) is 31.0 Å². The molecule has 2 fully saturated rings. The molecule has 1 aromatic heterocycles. The van der Waals surface area contributed by atoms with Crippen LogP contribution in [0.15, 0.2) is 48.7 Å². The summed E-state index contributed by atoms with van der Waals surface area (Å²) in [5.74, 6) is 0.997. The molecule has 1 aliphatic carbocycles. The van der Waals surface area contributed by atoms with E-state index in [0.717, 1.165) is 12.0 Å². The van der Waals surface area contributed by atoms with Crippen LogP contribution in [-0.4, -0.2) is 36.4 Å². The van der Waals surface area contributed by atoms with Gasteiger partial charge in [0.1, 0.15) is 6.10 Å². The summed E-state index contributed by atoms with van der Waals surface area (Å²) < 4.78 is 10.8. The Bertz CT molecular complexity index is 734. The Hall–Kier alpha value is -2.60. The molecule has 1 aromatic carbocycles. The van der Waals surface area contributed by atoms with Crippen LogP contribution in [0.2, 0.25) is 0 Å². The lowest BCUT2D eigenvalue weighted by molar-refractivity contribution is -0.0813. The van der Waals surface area contributed by atoms with Crippen molar-refractivity contribution in [1.82, 2.24) is 15.6 Å². The fourth-order valence-corrected chi connectivity index (χ4v) is 2.90. The summed E-state index contributed by atoms with van der Waals surface area (Å²) in [5, 5.41) is 5.92. The van der Waals surface area contributed by atoms with Crippen LogP contribution in [0, 0.1) is 0 Å². The molecule has 2 atom stereocenters. The Balaban J connectivity index is 1.23. The second kappa shape index (κ2) is 7.11. The van der Waals surface area contributed by atoms with Crippen molar-refractivity contribution in [2.75, 3.05) is 13.2 Å². The normalized spacial score (nSPS) is 21.9. The maximum absolute atomic E-state index is 12.1. The van der Waals surface area contributed by atoms with Crippen molar-refractivity contribution in [3.8, 4) is 5.88 Å². The van der Waals surface area contributed by atoms with Crippen LogP contribution in [0.4, 0.5) is 4.79 Å². The zero-order valence-electron chi connectivity index (χ0n) is 13.9. The number of aromatic nitrogens is 1. The van der Waals surface area contributed by atoms with Crippen LogP contribution in [0.5, 0.6) is 5.88 Å². The molecular formula is C19H21N3O3. The molecule has 130 valence electrons. The summed E-state index contributed by atoms with van der Waals surface area (Å²) in [4.78, 5) is 16.3. The molecule has 0 bridgehead atoms. The molecule has 2 amide bonds. The third kappa shape index (κ3) is 4.09. The maximum Gasteiger partial charge on any atom is 0.315 e. The highest BCUT2D eigenvalue weighted by atomic mass is 16.6. The monoisotopic (exact) mass is 339 g/mol. The van der Waals surface area contributed by atoms with Gasteiger partial charge in [-0.1, -0.05) is 30.3 Å². The molecule has 6 nitrogen and oxygen atoms in total. The number of hydrogen-bond acceptors (Lipinski definition) is 4. The van der Waals surface area contributed by atoms with Gasteiger partial charge in [-0.3, -0.25) is 0 Å². The molecule has 1 saturated carbocycles. The largest absolute Gasteiger partial charge is 0.469 e. The summed E-state index contributed by atoms with van der Waals surface area (Å²) >= 11 is 0. The topological polar surface area (TPSA) is 72.5 Å². The van der Waals surface area contributed by atoms with E-state index in [1.54, 1.807) is 6.20 Å². The van der Waals surface area contributed by atoms with E-state index in [1.807, 2.05) is 30.3 Å². The summed E-state index contributed by atoms with van der Waals surface area (Å²) in [7, 11) is 0. The molecule has 2 heterocycles. The van der Waals surface area contributed by atoms with Crippen molar-refractivity contribution >= 4 is 6.03 Å². The Morgan fingerprint density at radius 2 is 2.08 bits per heavy atom. The third-order valence-corrected chi connectivity index (χ3v) is 4.48. The average Bonchev–Trinajstić information content (AvgIpc) is 3.37. The van der Waals surface area contributed by atoms with Crippen LogP contribution < -0.4 is 15.4 Å². The number of carbonyl (C=O) groups excluding carboxylic acids is 1. The highest BCUT2D eigenvalue weighted by Crippen LogP contribution is 2.40. The van der Waals surface area contributed by atoms with E-state index in [9.17, 15) is 4.79 Å². The first-order valence-corrected chi connectivity index (χ1v) is 8.56. The number of hydrogen-bond donors (Lipinski definition) is 2. The molecule has 2 N–H and O–H groups in total. The highest BCUT2D eigenvalue weighted by molar-refractivity contribution is 5.74. The molecule has 4 rings (SSSR count). The van der Waals surface area contributed by atoms with Gasteiger partial charge in [0.05, 0.1) is 13.2 Å². The van der Waals surface area contributed by atoms with Gasteiger partial charge in [-0.15, -0.1) is 0 Å². The van der Waals surface area contributed by atoms with E-state index in [-0.39, 0.29) is 18.2 Å². The van der Waals surface area contributed by atoms with E-state index < -0.39 is 0 Å². The third-order valence-electron chi connectivity index (χ3n) is 4.48. The zero-order chi connectivity index (χ0) is 17.1. The minimum Gasteiger partial charge on any atom is -0.469 e. The molecule has 0 spiro atoms. The van der Waals surface area contributed by atoms with Gasteiger partial charge < -0.3 is 20.1 Å². The number of nitrogens with zero attached hydrogens (tertiary/aromatic N) is 1. The smallest absolute Gasteiger partial charge is 0.315 e. The average molecular weight is 339 g/mol. The van der Waals surface area contributed by atoms with Crippen molar-refractivity contribution in [3.63, 3.8) is 0 Å². The van der Waals surface area contributed by atoms with Gasteiger partial charge in [0.15, 0.2) is 0 Å². The Morgan fingerprint density at radius 1 is 1.24 bits per heavy atom. The fraction of sp³-hybridized carbons (Fsp3) is 0.368. The number of urea groups is 1. The van der Waals surface area contributed by atoms with Gasteiger partial charge in [-0.2, -0.15) is 0 Å². The molecule has 0 unspecified atom stereocenters. The number of ether oxygens (including phenoxy) is 2. The molecule has 1 aliphatic heterocycles. The fourth-order valence-electron chi connectivity index (χ4n) is 2.90. The lowest BCUT2D eigenvalue weighted by Crippen LogP contribution is -2.38. The minimum atomic E-state index is -0.143. The number of nitrogens with one attached hydrogen (secondary N) is 2. The van der Waals surface area contributed by atoms with E-state index in [2.05, 4.69) is 27.8 Å².